The number of furan rings is 1. The molecule has 98 valence electrons. The number of benzene rings is 1. The van der Waals surface area contributed by atoms with Gasteiger partial charge < -0.3 is 9.15 Å². The number of hydrogen-bond acceptors (Lipinski definition) is 4. The summed E-state index contributed by atoms with van der Waals surface area (Å²) in [6, 6.07) is 8.35. The summed E-state index contributed by atoms with van der Waals surface area (Å²) in [6.07, 6.45) is 0.643. The summed E-state index contributed by atoms with van der Waals surface area (Å²) in [7, 11) is 0. The van der Waals surface area contributed by atoms with E-state index in [1.165, 1.54) is 0 Å². The van der Waals surface area contributed by atoms with Crippen molar-refractivity contribution in [3.05, 3.63) is 46.1 Å². The zero-order chi connectivity index (χ0) is 13.8. The van der Waals surface area contributed by atoms with Crippen LogP contribution >= 0.6 is 15.9 Å². The monoisotopic (exact) mass is 322 g/mol. The van der Waals surface area contributed by atoms with Gasteiger partial charge in [-0.15, -0.1) is 0 Å². The Morgan fingerprint density at radius 2 is 2.16 bits per heavy atom. The fraction of sp³-hybridized carbons (Fsp3) is 0.143. The van der Waals surface area contributed by atoms with Gasteiger partial charge in [-0.3, -0.25) is 4.79 Å². The highest BCUT2D eigenvalue weighted by molar-refractivity contribution is 9.10. The van der Waals surface area contributed by atoms with Crippen molar-refractivity contribution < 1.29 is 18.7 Å². The van der Waals surface area contributed by atoms with Gasteiger partial charge in [-0.1, -0.05) is 15.9 Å². The molecule has 5 heteroatoms. The van der Waals surface area contributed by atoms with E-state index in [1.807, 2.05) is 0 Å². The van der Waals surface area contributed by atoms with E-state index < -0.39 is 0 Å². The lowest BCUT2D eigenvalue weighted by Crippen LogP contribution is -2.04. The normalized spacial score (nSPS) is 10.2. The number of aldehydes is 1. The van der Waals surface area contributed by atoms with Crippen LogP contribution in [0.3, 0.4) is 0 Å². The Kier molecular flexibility index (Phi) is 4.16. The zero-order valence-corrected chi connectivity index (χ0v) is 11.8. The molecule has 2 aromatic rings. The van der Waals surface area contributed by atoms with Crippen molar-refractivity contribution in [1.82, 2.24) is 0 Å². The van der Waals surface area contributed by atoms with E-state index in [1.54, 1.807) is 37.3 Å². The van der Waals surface area contributed by atoms with Gasteiger partial charge in [0.1, 0.15) is 5.76 Å². The molecular formula is C14H11BrO4. The van der Waals surface area contributed by atoms with Crippen LogP contribution in [0, 0.1) is 0 Å². The lowest BCUT2D eigenvalue weighted by atomic mass is 10.1. The van der Waals surface area contributed by atoms with Gasteiger partial charge in [0.15, 0.2) is 12.0 Å². The van der Waals surface area contributed by atoms with Crippen LogP contribution in [0.25, 0.3) is 11.3 Å². The van der Waals surface area contributed by atoms with Gasteiger partial charge in [0.05, 0.1) is 12.2 Å². The van der Waals surface area contributed by atoms with E-state index in [0.29, 0.717) is 28.7 Å². The Balaban J connectivity index is 2.33. The third kappa shape index (κ3) is 2.93. The second kappa shape index (κ2) is 5.84. The Morgan fingerprint density at radius 3 is 2.74 bits per heavy atom. The fourth-order valence-electron chi connectivity index (χ4n) is 1.62. The Labute approximate surface area is 118 Å². The highest BCUT2D eigenvalue weighted by Gasteiger charge is 2.12. The van der Waals surface area contributed by atoms with Crippen molar-refractivity contribution in [1.29, 1.82) is 0 Å². The first kappa shape index (κ1) is 13.5. The first-order chi connectivity index (χ1) is 9.15. The Hall–Kier alpha value is -1.88. The van der Waals surface area contributed by atoms with Crippen LogP contribution in [0.1, 0.15) is 27.8 Å². The van der Waals surface area contributed by atoms with E-state index >= 15 is 0 Å². The molecule has 0 fully saturated rings. The average Bonchev–Trinajstić information content (AvgIpc) is 2.87. The minimum atomic E-state index is -0.372. The maximum absolute atomic E-state index is 11.6. The van der Waals surface area contributed by atoms with E-state index in [2.05, 4.69) is 15.9 Å². The smallest absolute Gasteiger partial charge is 0.338 e. The molecule has 0 saturated carbocycles. The molecule has 4 nitrogen and oxygen atoms in total. The largest absolute Gasteiger partial charge is 0.462 e. The molecule has 0 aliphatic heterocycles. The summed E-state index contributed by atoms with van der Waals surface area (Å²) in [5.41, 5.74) is 1.22. The minimum Gasteiger partial charge on any atom is -0.462 e. The number of rotatable bonds is 4. The predicted octanol–water partition coefficient (Wildman–Crippen LogP) is 3.70. The quantitative estimate of drug-likeness (QED) is 0.636. The number of carbonyl (C=O) groups is 2. The minimum absolute atomic E-state index is 0.261. The lowest BCUT2D eigenvalue weighted by Gasteiger charge is -2.05. The highest BCUT2D eigenvalue weighted by atomic mass is 79.9. The standard InChI is InChI=1S/C14H11BrO4/c1-2-18-14(17)9-3-5-11(12(15)7-9)13-6-4-10(8-16)19-13/h3-8H,2H2,1H3. The second-order valence-electron chi connectivity index (χ2n) is 3.73. The molecule has 19 heavy (non-hydrogen) atoms. The molecule has 0 amide bonds. The molecule has 0 bridgehead atoms. The van der Waals surface area contributed by atoms with Crippen molar-refractivity contribution in [3.63, 3.8) is 0 Å². The van der Waals surface area contributed by atoms with Crippen molar-refractivity contribution in [3.8, 4) is 11.3 Å². The topological polar surface area (TPSA) is 56.5 Å². The Morgan fingerprint density at radius 1 is 1.37 bits per heavy atom. The van der Waals surface area contributed by atoms with Crippen LogP contribution in [0.4, 0.5) is 0 Å². The molecule has 0 unspecified atom stereocenters. The summed E-state index contributed by atoms with van der Waals surface area (Å²) < 4.78 is 11.0. The molecule has 0 radical (unpaired) electrons. The van der Waals surface area contributed by atoms with E-state index in [9.17, 15) is 9.59 Å². The van der Waals surface area contributed by atoms with Crippen molar-refractivity contribution in [2.75, 3.05) is 6.61 Å². The zero-order valence-electron chi connectivity index (χ0n) is 10.2. The summed E-state index contributed by atoms with van der Waals surface area (Å²) in [5, 5.41) is 0. The number of halogens is 1. The molecule has 1 aromatic carbocycles. The predicted molar refractivity (Wildman–Crippen MR) is 73.2 cm³/mol. The SMILES string of the molecule is CCOC(=O)c1ccc(-c2ccc(C=O)o2)c(Br)c1. The highest BCUT2D eigenvalue weighted by Crippen LogP contribution is 2.30. The van der Waals surface area contributed by atoms with Gasteiger partial charge in [-0.25, -0.2) is 4.79 Å². The Bertz CT molecular complexity index is 616. The fourth-order valence-corrected chi connectivity index (χ4v) is 2.19. The number of hydrogen-bond donors (Lipinski definition) is 0. The van der Waals surface area contributed by atoms with Crippen molar-refractivity contribution in [2.45, 2.75) is 6.92 Å². The van der Waals surface area contributed by atoms with E-state index in [0.717, 1.165) is 5.56 Å². The molecule has 0 aliphatic carbocycles. The number of carbonyl (C=O) groups excluding carboxylic acids is 2. The molecule has 0 spiro atoms. The van der Waals surface area contributed by atoms with Gasteiger partial charge in [0.25, 0.3) is 0 Å². The first-order valence-corrected chi connectivity index (χ1v) is 6.47. The van der Waals surface area contributed by atoms with Gasteiger partial charge in [0.2, 0.25) is 0 Å². The summed E-state index contributed by atoms with van der Waals surface area (Å²) in [4.78, 5) is 22.2. The summed E-state index contributed by atoms with van der Waals surface area (Å²) in [5.74, 6) is 0.448. The molecular weight excluding hydrogens is 312 g/mol. The van der Waals surface area contributed by atoms with Gasteiger partial charge in [-0.2, -0.15) is 0 Å². The summed E-state index contributed by atoms with van der Waals surface area (Å²) in [6.45, 7) is 2.09. The van der Waals surface area contributed by atoms with Gasteiger partial charge in [-0.05, 0) is 37.3 Å². The molecule has 1 heterocycles. The lowest BCUT2D eigenvalue weighted by molar-refractivity contribution is 0.0526. The first-order valence-electron chi connectivity index (χ1n) is 5.67. The van der Waals surface area contributed by atoms with Crippen molar-refractivity contribution in [2.24, 2.45) is 0 Å². The van der Waals surface area contributed by atoms with Crippen LogP contribution in [0.2, 0.25) is 0 Å². The van der Waals surface area contributed by atoms with Crippen LogP contribution in [-0.2, 0) is 4.74 Å². The maximum atomic E-state index is 11.6. The van der Waals surface area contributed by atoms with Crippen LogP contribution in [0.15, 0.2) is 39.2 Å². The van der Waals surface area contributed by atoms with Gasteiger partial charge in [0, 0.05) is 10.0 Å². The second-order valence-corrected chi connectivity index (χ2v) is 4.59. The number of esters is 1. The van der Waals surface area contributed by atoms with E-state index in [-0.39, 0.29) is 11.7 Å². The van der Waals surface area contributed by atoms with Crippen LogP contribution < -0.4 is 0 Å². The van der Waals surface area contributed by atoms with Crippen LogP contribution in [-0.4, -0.2) is 18.9 Å². The molecule has 0 saturated heterocycles. The third-order valence-electron chi connectivity index (χ3n) is 2.49. The van der Waals surface area contributed by atoms with E-state index in [4.69, 9.17) is 9.15 Å². The molecule has 1 aromatic heterocycles. The van der Waals surface area contributed by atoms with Crippen molar-refractivity contribution >= 4 is 28.2 Å². The molecule has 0 atom stereocenters. The average molecular weight is 323 g/mol. The molecule has 0 N–H and O–H groups in total. The molecule has 0 aliphatic rings. The maximum Gasteiger partial charge on any atom is 0.338 e. The molecule has 2 rings (SSSR count). The number of ether oxygens (including phenoxy) is 1. The van der Waals surface area contributed by atoms with Gasteiger partial charge >= 0.3 is 5.97 Å². The third-order valence-corrected chi connectivity index (χ3v) is 3.14. The summed E-state index contributed by atoms with van der Waals surface area (Å²) >= 11 is 3.38. The van der Waals surface area contributed by atoms with Crippen LogP contribution in [0.5, 0.6) is 0 Å².